The minimum atomic E-state index is 0.0766. The van der Waals surface area contributed by atoms with Crippen LogP contribution < -0.4 is 15.8 Å². The molecular weight excluding hydrogens is 308 g/mol. The average molecular weight is 329 g/mol. The predicted octanol–water partition coefficient (Wildman–Crippen LogP) is 2.46. The van der Waals surface area contributed by atoms with Crippen molar-refractivity contribution in [2.45, 2.75) is 25.7 Å². The van der Waals surface area contributed by atoms with Crippen molar-refractivity contribution < 1.29 is 9.53 Å². The summed E-state index contributed by atoms with van der Waals surface area (Å²) in [5.74, 6) is 0.888. The molecule has 0 aliphatic carbocycles. The van der Waals surface area contributed by atoms with Gasteiger partial charge in [0.25, 0.3) is 0 Å². The van der Waals surface area contributed by atoms with Gasteiger partial charge in [-0.15, -0.1) is 0 Å². The second-order valence-electron chi connectivity index (χ2n) is 4.23. The Morgan fingerprint density at radius 3 is 2.79 bits per heavy atom. The zero-order valence-electron chi connectivity index (χ0n) is 11.0. The van der Waals surface area contributed by atoms with Gasteiger partial charge in [-0.3, -0.25) is 4.79 Å². The van der Waals surface area contributed by atoms with E-state index in [2.05, 4.69) is 21.2 Å². The van der Waals surface area contributed by atoms with Crippen molar-refractivity contribution in [1.29, 1.82) is 0 Å². The number of benzene rings is 1. The Kier molecular flexibility index (Phi) is 8.25. The van der Waals surface area contributed by atoms with E-state index in [1.165, 1.54) is 0 Å². The molecule has 0 radical (unpaired) electrons. The third kappa shape index (κ3) is 7.18. The summed E-state index contributed by atoms with van der Waals surface area (Å²) in [5.41, 5.74) is 5.38. The van der Waals surface area contributed by atoms with Gasteiger partial charge >= 0.3 is 0 Å². The van der Waals surface area contributed by atoms with E-state index in [0.29, 0.717) is 32.5 Å². The number of para-hydroxylation sites is 1. The Labute approximate surface area is 122 Å². The number of rotatable bonds is 9. The molecule has 4 nitrogen and oxygen atoms in total. The molecule has 0 fully saturated rings. The van der Waals surface area contributed by atoms with Crippen LogP contribution in [0.3, 0.4) is 0 Å². The number of hydrogen-bond acceptors (Lipinski definition) is 3. The highest BCUT2D eigenvalue weighted by atomic mass is 79.9. The molecule has 0 saturated heterocycles. The highest BCUT2D eigenvalue weighted by Crippen LogP contribution is 2.23. The van der Waals surface area contributed by atoms with Gasteiger partial charge in [-0.05, 0) is 53.9 Å². The Morgan fingerprint density at radius 2 is 2.05 bits per heavy atom. The first kappa shape index (κ1) is 16.0. The zero-order chi connectivity index (χ0) is 13.9. The fraction of sp³-hybridized carbons (Fsp3) is 0.500. The molecule has 1 amide bonds. The first-order valence-electron chi connectivity index (χ1n) is 6.58. The van der Waals surface area contributed by atoms with E-state index >= 15 is 0 Å². The van der Waals surface area contributed by atoms with Gasteiger partial charge in [-0.1, -0.05) is 12.1 Å². The monoisotopic (exact) mass is 328 g/mol. The molecule has 19 heavy (non-hydrogen) atoms. The Hall–Kier alpha value is -1.07. The van der Waals surface area contributed by atoms with Gasteiger partial charge in [0.1, 0.15) is 5.75 Å². The van der Waals surface area contributed by atoms with Crippen LogP contribution in [0, 0.1) is 0 Å². The SMILES string of the molecule is NCCCCNC(=O)CCCOc1ccccc1Br. The van der Waals surface area contributed by atoms with Crippen LogP contribution in [0.15, 0.2) is 28.7 Å². The molecule has 0 aromatic heterocycles. The lowest BCUT2D eigenvalue weighted by molar-refractivity contribution is -0.121. The molecule has 106 valence electrons. The van der Waals surface area contributed by atoms with Crippen LogP contribution in [0.4, 0.5) is 0 Å². The van der Waals surface area contributed by atoms with Crippen molar-refractivity contribution in [3.8, 4) is 5.75 Å². The normalized spacial score (nSPS) is 10.2. The predicted molar refractivity (Wildman–Crippen MR) is 80.2 cm³/mol. The summed E-state index contributed by atoms with van der Waals surface area (Å²) < 4.78 is 6.52. The van der Waals surface area contributed by atoms with Gasteiger partial charge in [-0.25, -0.2) is 0 Å². The van der Waals surface area contributed by atoms with Crippen molar-refractivity contribution >= 4 is 21.8 Å². The molecule has 0 atom stereocenters. The van der Waals surface area contributed by atoms with E-state index in [9.17, 15) is 4.79 Å². The van der Waals surface area contributed by atoms with Crippen LogP contribution in [0.25, 0.3) is 0 Å². The van der Waals surface area contributed by atoms with Crippen molar-refractivity contribution in [3.05, 3.63) is 28.7 Å². The maximum Gasteiger partial charge on any atom is 0.220 e. The quantitative estimate of drug-likeness (QED) is 0.684. The average Bonchev–Trinajstić information content (AvgIpc) is 2.41. The van der Waals surface area contributed by atoms with Gasteiger partial charge in [0.15, 0.2) is 0 Å². The summed E-state index contributed by atoms with van der Waals surface area (Å²) in [4.78, 5) is 11.5. The minimum Gasteiger partial charge on any atom is -0.492 e. The maximum absolute atomic E-state index is 11.5. The Morgan fingerprint density at radius 1 is 1.26 bits per heavy atom. The number of hydrogen-bond donors (Lipinski definition) is 2. The van der Waals surface area contributed by atoms with Crippen molar-refractivity contribution in [3.63, 3.8) is 0 Å². The molecule has 1 aromatic rings. The number of ether oxygens (including phenoxy) is 1. The summed E-state index contributed by atoms with van der Waals surface area (Å²) in [7, 11) is 0. The van der Waals surface area contributed by atoms with E-state index in [1.54, 1.807) is 0 Å². The van der Waals surface area contributed by atoms with Crippen molar-refractivity contribution in [1.82, 2.24) is 5.32 Å². The highest BCUT2D eigenvalue weighted by molar-refractivity contribution is 9.10. The standard InChI is InChI=1S/C14H21BrN2O2/c15-12-6-1-2-7-13(12)19-11-5-8-14(18)17-10-4-3-9-16/h1-2,6-7H,3-5,8-11,16H2,(H,17,18). The number of unbranched alkanes of at least 4 members (excludes halogenated alkanes) is 1. The van der Waals surface area contributed by atoms with Crippen LogP contribution in [-0.2, 0) is 4.79 Å². The molecule has 0 unspecified atom stereocenters. The maximum atomic E-state index is 11.5. The summed E-state index contributed by atoms with van der Waals surface area (Å²) >= 11 is 3.41. The van der Waals surface area contributed by atoms with Gasteiger partial charge in [-0.2, -0.15) is 0 Å². The third-order valence-electron chi connectivity index (χ3n) is 2.60. The molecule has 0 heterocycles. The molecule has 1 aromatic carbocycles. The molecule has 0 bridgehead atoms. The van der Waals surface area contributed by atoms with Gasteiger partial charge in [0.05, 0.1) is 11.1 Å². The largest absolute Gasteiger partial charge is 0.492 e. The summed E-state index contributed by atoms with van der Waals surface area (Å²) in [6, 6.07) is 7.69. The zero-order valence-corrected chi connectivity index (χ0v) is 12.6. The molecular formula is C14H21BrN2O2. The van der Waals surface area contributed by atoms with E-state index in [4.69, 9.17) is 10.5 Å². The number of halogens is 1. The molecule has 0 saturated carbocycles. The second kappa shape index (κ2) is 9.81. The van der Waals surface area contributed by atoms with Crippen LogP contribution >= 0.6 is 15.9 Å². The molecule has 0 spiro atoms. The molecule has 1 rings (SSSR count). The fourth-order valence-electron chi connectivity index (χ4n) is 1.56. The van der Waals surface area contributed by atoms with Crippen LogP contribution in [0.1, 0.15) is 25.7 Å². The van der Waals surface area contributed by atoms with Crippen molar-refractivity contribution in [2.75, 3.05) is 19.7 Å². The third-order valence-corrected chi connectivity index (χ3v) is 3.25. The topological polar surface area (TPSA) is 64.3 Å². The number of amides is 1. The first-order valence-corrected chi connectivity index (χ1v) is 7.37. The molecule has 0 aliphatic rings. The minimum absolute atomic E-state index is 0.0766. The fourth-order valence-corrected chi connectivity index (χ4v) is 1.96. The smallest absolute Gasteiger partial charge is 0.220 e. The Balaban J connectivity index is 2.07. The highest BCUT2D eigenvalue weighted by Gasteiger charge is 2.02. The van der Waals surface area contributed by atoms with Gasteiger partial charge in [0, 0.05) is 13.0 Å². The Bertz CT molecular complexity index is 385. The summed E-state index contributed by atoms with van der Waals surface area (Å²) in [6.07, 6.45) is 3.10. The van der Waals surface area contributed by atoms with E-state index in [0.717, 1.165) is 23.1 Å². The lowest BCUT2D eigenvalue weighted by Crippen LogP contribution is -2.25. The number of carbonyl (C=O) groups is 1. The molecule has 5 heteroatoms. The molecule has 3 N–H and O–H groups in total. The van der Waals surface area contributed by atoms with E-state index < -0.39 is 0 Å². The summed E-state index contributed by atoms with van der Waals surface area (Å²) in [5, 5.41) is 2.87. The number of carbonyl (C=O) groups excluding carboxylic acids is 1. The first-order chi connectivity index (χ1) is 9.24. The second-order valence-corrected chi connectivity index (χ2v) is 5.08. The van der Waals surface area contributed by atoms with Crippen LogP contribution in [0.5, 0.6) is 5.75 Å². The van der Waals surface area contributed by atoms with Gasteiger partial charge in [0.2, 0.25) is 5.91 Å². The van der Waals surface area contributed by atoms with E-state index in [-0.39, 0.29) is 5.91 Å². The van der Waals surface area contributed by atoms with Crippen molar-refractivity contribution in [2.24, 2.45) is 5.73 Å². The lowest BCUT2D eigenvalue weighted by Gasteiger charge is -2.08. The number of nitrogens with two attached hydrogens (primary N) is 1. The summed E-state index contributed by atoms with van der Waals surface area (Å²) in [6.45, 7) is 1.93. The molecule has 0 aliphatic heterocycles. The van der Waals surface area contributed by atoms with Gasteiger partial charge < -0.3 is 15.8 Å². The van der Waals surface area contributed by atoms with E-state index in [1.807, 2.05) is 24.3 Å². The van der Waals surface area contributed by atoms with Crippen LogP contribution in [-0.4, -0.2) is 25.6 Å². The number of nitrogens with one attached hydrogen (secondary N) is 1. The lowest BCUT2D eigenvalue weighted by atomic mass is 10.3. The van der Waals surface area contributed by atoms with Crippen LogP contribution in [0.2, 0.25) is 0 Å².